The summed E-state index contributed by atoms with van der Waals surface area (Å²) in [6.45, 7) is 0.696. The van der Waals surface area contributed by atoms with Gasteiger partial charge in [-0.2, -0.15) is 0 Å². The first-order chi connectivity index (χ1) is 6.20. The van der Waals surface area contributed by atoms with Crippen molar-refractivity contribution in [3.05, 3.63) is 0 Å². The zero-order chi connectivity index (χ0) is 10.1. The molecule has 6 heteroatoms. The van der Waals surface area contributed by atoms with E-state index >= 15 is 0 Å². The predicted octanol–water partition coefficient (Wildman–Crippen LogP) is -2.05. The van der Waals surface area contributed by atoms with Gasteiger partial charge in [0.2, 0.25) is 5.91 Å². The van der Waals surface area contributed by atoms with Crippen LogP contribution < -0.4 is 16.8 Å². The normalized spacial score (nSPS) is 9.38. The van der Waals surface area contributed by atoms with Crippen molar-refractivity contribution in [1.82, 2.24) is 5.32 Å². The third kappa shape index (κ3) is 7.23. The Kier molecular flexibility index (Phi) is 6.85. The fraction of sp³-hybridized carbons (Fsp3) is 0.714. The van der Waals surface area contributed by atoms with E-state index in [9.17, 15) is 9.59 Å². The average molecular weight is 189 g/mol. The van der Waals surface area contributed by atoms with Crippen LogP contribution in [0.25, 0.3) is 0 Å². The van der Waals surface area contributed by atoms with Gasteiger partial charge in [-0.15, -0.1) is 0 Å². The first-order valence-corrected chi connectivity index (χ1v) is 4.03. The smallest absolute Gasteiger partial charge is 0.307 e. The second-order valence-electron chi connectivity index (χ2n) is 2.31. The van der Waals surface area contributed by atoms with Gasteiger partial charge in [-0.3, -0.25) is 9.59 Å². The maximum Gasteiger partial charge on any atom is 0.307 e. The number of hydrogen-bond donors (Lipinski definition) is 3. The third-order valence-electron chi connectivity index (χ3n) is 1.22. The Balaban J connectivity index is 3.31. The van der Waals surface area contributed by atoms with E-state index in [1.165, 1.54) is 0 Å². The largest absolute Gasteiger partial charge is 0.464 e. The lowest BCUT2D eigenvalue weighted by molar-refractivity contribution is -0.143. The van der Waals surface area contributed by atoms with Gasteiger partial charge in [0.25, 0.3) is 0 Å². The summed E-state index contributed by atoms with van der Waals surface area (Å²) in [5.41, 5.74) is 10.1. The molecule has 0 aromatic rings. The molecule has 0 saturated carbocycles. The fourth-order valence-corrected chi connectivity index (χ4v) is 0.621. The number of carbonyl (C=O) groups excluding carboxylic acids is 2. The number of ether oxygens (including phenoxy) is 1. The molecule has 0 aliphatic heterocycles. The summed E-state index contributed by atoms with van der Waals surface area (Å²) in [6.07, 6.45) is 0.145. The van der Waals surface area contributed by atoms with Crippen molar-refractivity contribution in [1.29, 1.82) is 0 Å². The van der Waals surface area contributed by atoms with Crippen molar-refractivity contribution < 1.29 is 14.3 Å². The minimum Gasteiger partial charge on any atom is -0.464 e. The van der Waals surface area contributed by atoms with E-state index in [0.29, 0.717) is 6.54 Å². The monoisotopic (exact) mass is 189 g/mol. The number of nitrogens with one attached hydrogen (secondary N) is 1. The molecule has 0 fully saturated rings. The summed E-state index contributed by atoms with van der Waals surface area (Å²) in [7, 11) is 0. The number of esters is 1. The molecule has 0 heterocycles. The second kappa shape index (κ2) is 7.51. The maximum absolute atomic E-state index is 10.8. The minimum absolute atomic E-state index is 0.0716. The molecule has 0 aliphatic rings. The second-order valence-corrected chi connectivity index (χ2v) is 2.31. The van der Waals surface area contributed by atoms with Crippen LogP contribution in [0.2, 0.25) is 0 Å². The number of amides is 1. The molecule has 0 atom stereocenters. The van der Waals surface area contributed by atoms with Crippen LogP contribution in [0, 0.1) is 0 Å². The molecule has 0 aromatic carbocycles. The Labute approximate surface area is 76.6 Å². The van der Waals surface area contributed by atoms with Crippen molar-refractivity contribution >= 4 is 11.9 Å². The number of carbonyl (C=O) groups is 2. The molecule has 0 spiro atoms. The zero-order valence-electron chi connectivity index (χ0n) is 7.41. The Hall–Kier alpha value is -1.14. The average Bonchev–Trinajstić information content (AvgIpc) is 2.14. The molecule has 0 aromatic heterocycles. The van der Waals surface area contributed by atoms with Crippen LogP contribution in [0.15, 0.2) is 0 Å². The van der Waals surface area contributed by atoms with E-state index in [2.05, 4.69) is 10.1 Å². The summed E-state index contributed by atoms with van der Waals surface area (Å²) in [5.74, 6) is -0.658. The predicted molar refractivity (Wildman–Crippen MR) is 46.7 cm³/mol. The molecule has 0 rings (SSSR count). The third-order valence-corrected chi connectivity index (χ3v) is 1.22. The molecular formula is C7H15N3O3. The Morgan fingerprint density at radius 3 is 2.54 bits per heavy atom. The highest BCUT2D eigenvalue weighted by molar-refractivity contribution is 5.78. The zero-order valence-corrected chi connectivity index (χ0v) is 7.41. The van der Waals surface area contributed by atoms with Gasteiger partial charge in [0.15, 0.2) is 0 Å². The lowest BCUT2D eigenvalue weighted by Gasteiger charge is -2.03. The van der Waals surface area contributed by atoms with Crippen molar-refractivity contribution in [3.63, 3.8) is 0 Å². The van der Waals surface area contributed by atoms with Gasteiger partial charge in [0, 0.05) is 13.1 Å². The lowest BCUT2D eigenvalue weighted by Crippen LogP contribution is -2.32. The quantitative estimate of drug-likeness (QED) is 0.417. The summed E-state index contributed by atoms with van der Waals surface area (Å²) in [6, 6.07) is 0. The van der Waals surface area contributed by atoms with E-state index in [1.54, 1.807) is 0 Å². The lowest BCUT2D eigenvalue weighted by atomic mass is 10.4. The Morgan fingerprint density at radius 2 is 2.00 bits per heavy atom. The van der Waals surface area contributed by atoms with Crippen molar-refractivity contribution in [2.75, 3.05) is 26.2 Å². The van der Waals surface area contributed by atoms with Crippen molar-refractivity contribution in [2.24, 2.45) is 11.5 Å². The number of nitrogens with two attached hydrogens (primary N) is 2. The molecule has 13 heavy (non-hydrogen) atoms. The number of rotatable bonds is 6. The summed E-state index contributed by atoms with van der Waals surface area (Å²) in [5, 5.41) is 2.44. The first-order valence-electron chi connectivity index (χ1n) is 4.03. The molecular weight excluding hydrogens is 174 g/mol. The summed E-state index contributed by atoms with van der Waals surface area (Å²) >= 11 is 0. The highest BCUT2D eigenvalue weighted by atomic mass is 16.5. The van der Waals surface area contributed by atoms with Crippen LogP contribution in [0.1, 0.15) is 6.42 Å². The van der Waals surface area contributed by atoms with Gasteiger partial charge in [0.1, 0.15) is 6.61 Å². The molecule has 0 bridgehead atoms. The highest BCUT2D eigenvalue weighted by Gasteiger charge is 2.02. The van der Waals surface area contributed by atoms with Gasteiger partial charge in [-0.05, 0) is 0 Å². The van der Waals surface area contributed by atoms with E-state index < -0.39 is 0 Å². The van der Waals surface area contributed by atoms with Crippen LogP contribution in [0.5, 0.6) is 0 Å². The van der Waals surface area contributed by atoms with Gasteiger partial charge in [-0.1, -0.05) is 0 Å². The molecule has 76 valence electrons. The number of hydrogen-bond acceptors (Lipinski definition) is 5. The van der Waals surface area contributed by atoms with Gasteiger partial charge >= 0.3 is 5.97 Å². The summed E-state index contributed by atoms with van der Waals surface area (Å²) < 4.78 is 4.66. The van der Waals surface area contributed by atoms with E-state index in [0.717, 1.165) is 0 Å². The van der Waals surface area contributed by atoms with Gasteiger partial charge in [0.05, 0.1) is 13.0 Å². The van der Waals surface area contributed by atoms with Crippen molar-refractivity contribution in [3.8, 4) is 0 Å². The van der Waals surface area contributed by atoms with Crippen LogP contribution >= 0.6 is 0 Å². The van der Waals surface area contributed by atoms with E-state index in [-0.39, 0.29) is 38.0 Å². The van der Waals surface area contributed by atoms with Gasteiger partial charge in [-0.25, -0.2) is 0 Å². The molecule has 0 radical (unpaired) electrons. The first kappa shape index (κ1) is 11.9. The van der Waals surface area contributed by atoms with Gasteiger partial charge < -0.3 is 21.5 Å². The summed E-state index contributed by atoms with van der Waals surface area (Å²) in [4.78, 5) is 21.4. The molecule has 0 saturated heterocycles. The van der Waals surface area contributed by atoms with Crippen LogP contribution in [0.3, 0.4) is 0 Å². The van der Waals surface area contributed by atoms with Crippen LogP contribution in [0.4, 0.5) is 0 Å². The standard InChI is InChI=1S/C7H15N3O3/c8-2-4-13-7(12)1-3-10-6(11)5-9/h1-5,8-9H2,(H,10,11). The minimum atomic E-state index is -0.372. The SMILES string of the molecule is NCCOC(=O)CCNC(=O)CN. The fourth-order valence-electron chi connectivity index (χ4n) is 0.621. The maximum atomic E-state index is 10.8. The van der Waals surface area contributed by atoms with Crippen molar-refractivity contribution in [2.45, 2.75) is 6.42 Å². The Morgan fingerprint density at radius 1 is 1.31 bits per heavy atom. The molecule has 6 nitrogen and oxygen atoms in total. The molecule has 1 amide bonds. The van der Waals surface area contributed by atoms with Crippen LogP contribution in [-0.2, 0) is 14.3 Å². The molecule has 5 N–H and O–H groups in total. The van der Waals surface area contributed by atoms with E-state index in [1.807, 2.05) is 0 Å². The Bertz CT molecular complexity index is 172. The van der Waals surface area contributed by atoms with Crippen LogP contribution in [-0.4, -0.2) is 38.1 Å². The topological polar surface area (TPSA) is 107 Å². The molecule has 0 aliphatic carbocycles. The molecule has 0 unspecified atom stereocenters. The highest BCUT2D eigenvalue weighted by Crippen LogP contribution is 1.83. The van der Waals surface area contributed by atoms with E-state index in [4.69, 9.17) is 11.5 Å².